The number of hydrogen-bond donors (Lipinski definition) is 2. The average Bonchev–Trinajstić information content (AvgIpc) is 2.63. The van der Waals surface area contributed by atoms with Crippen LogP contribution in [0.1, 0.15) is 12.5 Å². The van der Waals surface area contributed by atoms with Gasteiger partial charge in [0.1, 0.15) is 0 Å². The number of rotatable bonds is 8. The van der Waals surface area contributed by atoms with Gasteiger partial charge in [0.25, 0.3) is 0 Å². The number of ether oxygens (including phenoxy) is 1. The number of carbonyl (C=O) groups excluding carboxylic acids is 1. The first-order chi connectivity index (χ1) is 13.2. The molecule has 0 fully saturated rings. The first kappa shape index (κ1) is 22.4. The molecule has 0 radical (unpaired) electrons. The van der Waals surface area contributed by atoms with E-state index in [4.69, 9.17) is 27.9 Å². The Morgan fingerprint density at radius 1 is 1.18 bits per heavy atom. The van der Waals surface area contributed by atoms with Crippen molar-refractivity contribution in [1.82, 2.24) is 4.72 Å². The van der Waals surface area contributed by atoms with Gasteiger partial charge in [0.05, 0.1) is 21.5 Å². The van der Waals surface area contributed by atoms with E-state index in [1.54, 1.807) is 31.2 Å². The SMILES string of the molecule is COCC(C)NS(=O)(=O)c1ccc(NC(=O)/C=C/c2cccc(Cl)c2Cl)cc1. The van der Waals surface area contributed by atoms with Crippen molar-refractivity contribution in [2.75, 3.05) is 19.0 Å². The van der Waals surface area contributed by atoms with Crippen molar-refractivity contribution in [2.24, 2.45) is 0 Å². The third-order valence-electron chi connectivity index (χ3n) is 3.60. The van der Waals surface area contributed by atoms with Gasteiger partial charge in [0.2, 0.25) is 15.9 Å². The zero-order chi connectivity index (χ0) is 20.7. The molecule has 0 spiro atoms. The highest BCUT2D eigenvalue weighted by atomic mass is 35.5. The van der Waals surface area contributed by atoms with E-state index in [1.165, 1.54) is 37.5 Å². The van der Waals surface area contributed by atoms with Gasteiger partial charge < -0.3 is 10.1 Å². The van der Waals surface area contributed by atoms with E-state index in [-0.39, 0.29) is 17.5 Å². The monoisotopic (exact) mass is 442 g/mol. The summed E-state index contributed by atoms with van der Waals surface area (Å²) >= 11 is 12.0. The molecule has 150 valence electrons. The van der Waals surface area contributed by atoms with E-state index >= 15 is 0 Å². The van der Waals surface area contributed by atoms with Gasteiger partial charge >= 0.3 is 0 Å². The van der Waals surface area contributed by atoms with Crippen LogP contribution in [0.3, 0.4) is 0 Å². The van der Waals surface area contributed by atoms with Crippen LogP contribution in [0.5, 0.6) is 0 Å². The number of halogens is 2. The lowest BCUT2D eigenvalue weighted by Gasteiger charge is -2.13. The highest BCUT2D eigenvalue weighted by Gasteiger charge is 2.17. The van der Waals surface area contributed by atoms with E-state index in [1.807, 2.05) is 0 Å². The average molecular weight is 443 g/mol. The molecule has 9 heteroatoms. The van der Waals surface area contributed by atoms with E-state index in [0.717, 1.165) is 0 Å². The Labute approximate surface area is 174 Å². The van der Waals surface area contributed by atoms with E-state index in [2.05, 4.69) is 10.0 Å². The lowest BCUT2D eigenvalue weighted by molar-refractivity contribution is -0.111. The molecule has 1 unspecified atom stereocenters. The third-order valence-corrected chi connectivity index (χ3v) is 6.04. The van der Waals surface area contributed by atoms with Crippen molar-refractivity contribution in [2.45, 2.75) is 17.9 Å². The first-order valence-electron chi connectivity index (χ1n) is 8.27. The van der Waals surface area contributed by atoms with Crippen LogP contribution in [-0.2, 0) is 19.6 Å². The van der Waals surface area contributed by atoms with Crippen molar-refractivity contribution in [3.8, 4) is 0 Å². The van der Waals surface area contributed by atoms with Crippen molar-refractivity contribution >= 4 is 50.9 Å². The van der Waals surface area contributed by atoms with Crippen LogP contribution in [-0.4, -0.2) is 34.1 Å². The summed E-state index contributed by atoms with van der Waals surface area (Å²) in [5.74, 6) is -0.390. The summed E-state index contributed by atoms with van der Waals surface area (Å²) in [7, 11) is -2.17. The molecule has 2 N–H and O–H groups in total. The topological polar surface area (TPSA) is 84.5 Å². The van der Waals surface area contributed by atoms with Gasteiger partial charge in [0, 0.05) is 24.9 Å². The molecule has 0 saturated carbocycles. The summed E-state index contributed by atoms with van der Waals surface area (Å²) in [6.45, 7) is 1.96. The second-order valence-electron chi connectivity index (χ2n) is 5.97. The number of methoxy groups -OCH3 is 1. The van der Waals surface area contributed by atoms with Crippen LogP contribution in [0.25, 0.3) is 6.08 Å². The molecular formula is C19H20Cl2N2O4S. The molecule has 6 nitrogen and oxygen atoms in total. The molecule has 1 atom stereocenters. The number of sulfonamides is 1. The lowest BCUT2D eigenvalue weighted by atomic mass is 10.2. The zero-order valence-corrected chi connectivity index (χ0v) is 17.6. The van der Waals surface area contributed by atoms with Gasteiger partial charge in [-0.3, -0.25) is 4.79 Å². The Balaban J connectivity index is 2.02. The second kappa shape index (κ2) is 10.0. The molecule has 2 aromatic rings. The van der Waals surface area contributed by atoms with Gasteiger partial charge in [-0.25, -0.2) is 13.1 Å². The number of anilines is 1. The molecule has 2 rings (SSSR count). The molecule has 0 aliphatic heterocycles. The summed E-state index contributed by atoms with van der Waals surface area (Å²) in [5, 5.41) is 3.41. The van der Waals surface area contributed by atoms with E-state index < -0.39 is 15.9 Å². The fourth-order valence-corrected chi connectivity index (χ4v) is 3.93. The highest BCUT2D eigenvalue weighted by molar-refractivity contribution is 7.89. The van der Waals surface area contributed by atoms with Crippen LogP contribution in [0, 0.1) is 0 Å². The summed E-state index contributed by atoms with van der Waals surface area (Å²) in [5.41, 5.74) is 1.07. The summed E-state index contributed by atoms with van der Waals surface area (Å²) in [6.07, 6.45) is 2.86. The Morgan fingerprint density at radius 2 is 1.86 bits per heavy atom. The van der Waals surface area contributed by atoms with Crippen LogP contribution < -0.4 is 10.0 Å². The summed E-state index contributed by atoms with van der Waals surface area (Å²) in [6, 6.07) is 10.6. The molecule has 2 aromatic carbocycles. The minimum atomic E-state index is -3.67. The quantitative estimate of drug-likeness (QED) is 0.605. The van der Waals surface area contributed by atoms with Gasteiger partial charge in [-0.2, -0.15) is 0 Å². The molecule has 0 bridgehead atoms. The number of carbonyl (C=O) groups is 1. The van der Waals surface area contributed by atoms with Crippen molar-refractivity contribution < 1.29 is 17.9 Å². The fraction of sp³-hybridized carbons (Fsp3) is 0.211. The van der Waals surface area contributed by atoms with Gasteiger partial charge in [-0.05, 0) is 48.9 Å². The van der Waals surface area contributed by atoms with Gasteiger partial charge in [-0.1, -0.05) is 35.3 Å². The first-order valence-corrected chi connectivity index (χ1v) is 10.5. The third kappa shape index (κ3) is 6.32. The molecule has 0 heterocycles. The van der Waals surface area contributed by atoms with Gasteiger partial charge in [-0.15, -0.1) is 0 Å². The predicted octanol–water partition coefficient (Wildman–Crippen LogP) is 3.96. The Kier molecular flexibility index (Phi) is 8.03. The van der Waals surface area contributed by atoms with Crippen molar-refractivity contribution in [1.29, 1.82) is 0 Å². The van der Waals surface area contributed by atoms with E-state index in [9.17, 15) is 13.2 Å². The minimum Gasteiger partial charge on any atom is -0.383 e. The van der Waals surface area contributed by atoms with Crippen molar-refractivity contribution in [3.63, 3.8) is 0 Å². The van der Waals surface area contributed by atoms with Crippen LogP contribution >= 0.6 is 23.2 Å². The highest BCUT2D eigenvalue weighted by Crippen LogP contribution is 2.26. The molecule has 0 saturated heterocycles. The largest absolute Gasteiger partial charge is 0.383 e. The molecule has 0 aliphatic carbocycles. The maximum Gasteiger partial charge on any atom is 0.248 e. The molecule has 0 aromatic heterocycles. The van der Waals surface area contributed by atoms with Crippen LogP contribution in [0.4, 0.5) is 5.69 Å². The minimum absolute atomic E-state index is 0.0923. The maximum atomic E-state index is 12.3. The molecule has 0 aliphatic rings. The number of nitrogens with one attached hydrogen (secondary N) is 2. The summed E-state index contributed by atoms with van der Waals surface area (Å²) < 4.78 is 32.0. The lowest BCUT2D eigenvalue weighted by Crippen LogP contribution is -2.35. The van der Waals surface area contributed by atoms with E-state index in [0.29, 0.717) is 21.3 Å². The zero-order valence-electron chi connectivity index (χ0n) is 15.3. The summed E-state index contributed by atoms with van der Waals surface area (Å²) in [4.78, 5) is 12.2. The smallest absolute Gasteiger partial charge is 0.248 e. The second-order valence-corrected chi connectivity index (χ2v) is 8.47. The van der Waals surface area contributed by atoms with Crippen molar-refractivity contribution in [3.05, 3.63) is 64.1 Å². The standard InChI is InChI=1S/C19H20Cl2N2O4S/c1-13(12-27-2)23-28(25,26)16-9-7-15(8-10-16)22-18(24)11-6-14-4-3-5-17(20)19(14)21/h3-11,13,23H,12H2,1-2H3,(H,22,24)/b11-6+. The van der Waals surface area contributed by atoms with Crippen LogP contribution in [0.15, 0.2) is 53.4 Å². The Bertz CT molecular complexity index is 960. The Morgan fingerprint density at radius 3 is 2.50 bits per heavy atom. The van der Waals surface area contributed by atoms with Crippen LogP contribution in [0.2, 0.25) is 10.0 Å². The molecule has 28 heavy (non-hydrogen) atoms. The Hall–Kier alpha value is -1.90. The van der Waals surface area contributed by atoms with Gasteiger partial charge in [0.15, 0.2) is 0 Å². The predicted molar refractivity (Wildman–Crippen MR) is 112 cm³/mol. The molecular weight excluding hydrogens is 423 g/mol. The molecule has 1 amide bonds. The maximum absolute atomic E-state index is 12.3. The number of hydrogen-bond acceptors (Lipinski definition) is 4. The fourth-order valence-electron chi connectivity index (χ4n) is 2.33. The normalized spacial score (nSPS) is 12.9. The number of amides is 1. The number of benzene rings is 2.